The molecule has 21 heavy (non-hydrogen) atoms. The van der Waals surface area contributed by atoms with Crippen molar-refractivity contribution in [2.24, 2.45) is 5.92 Å². The van der Waals surface area contributed by atoms with E-state index in [1.54, 1.807) is 0 Å². The van der Waals surface area contributed by atoms with E-state index in [0.717, 1.165) is 50.3 Å². The van der Waals surface area contributed by atoms with Crippen molar-refractivity contribution in [3.8, 4) is 0 Å². The molecule has 0 aromatic heterocycles. The highest BCUT2D eigenvalue weighted by Crippen LogP contribution is 2.27. The van der Waals surface area contributed by atoms with Crippen molar-refractivity contribution >= 4 is 11.6 Å². The average Bonchev–Trinajstić information content (AvgIpc) is 2.47. The lowest BCUT2D eigenvalue weighted by Gasteiger charge is -2.28. The Balaban J connectivity index is 2.07. The smallest absolute Gasteiger partial charge is 0.282 e. The zero-order valence-corrected chi connectivity index (χ0v) is 12.0. The highest BCUT2D eigenvalue weighted by atomic mass is 19.1. The zero-order valence-electron chi connectivity index (χ0n) is 12.0. The SMILES string of the molecule is CCC1CCC(NC(=O)c2cc(F)ccc2[N+](=O)[O-])CC1. The number of carbonyl (C=O) groups is 1. The fourth-order valence-corrected chi connectivity index (χ4v) is 2.83. The molecule has 0 unspecified atom stereocenters. The van der Waals surface area contributed by atoms with Crippen molar-refractivity contribution in [1.29, 1.82) is 0 Å². The van der Waals surface area contributed by atoms with Crippen molar-refractivity contribution in [2.75, 3.05) is 0 Å². The normalized spacial score (nSPS) is 21.8. The summed E-state index contributed by atoms with van der Waals surface area (Å²) >= 11 is 0. The van der Waals surface area contributed by atoms with Gasteiger partial charge in [0.2, 0.25) is 0 Å². The molecule has 0 heterocycles. The van der Waals surface area contributed by atoms with Gasteiger partial charge in [-0.05, 0) is 43.7 Å². The third-order valence-corrected chi connectivity index (χ3v) is 4.16. The second-order valence-corrected chi connectivity index (χ2v) is 5.52. The summed E-state index contributed by atoms with van der Waals surface area (Å²) in [5.74, 6) is -0.525. The summed E-state index contributed by atoms with van der Waals surface area (Å²) < 4.78 is 13.2. The molecule has 6 heteroatoms. The number of hydrogen-bond donors (Lipinski definition) is 1. The fraction of sp³-hybridized carbons (Fsp3) is 0.533. The monoisotopic (exact) mass is 294 g/mol. The molecule has 0 saturated heterocycles. The molecule has 1 aromatic rings. The second kappa shape index (κ2) is 6.65. The molecule has 0 radical (unpaired) electrons. The summed E-state index contributed by atoms with van der Waals surface area (Å²) in [6.07, 6.45) is 4.97. The molecule has 2 rings (SSSR count). The van der Waals surface area contributed by atoms with Gasteiger partial charge < -0.3 is 5.32 Å². The van der Waals surface area contributed by atoms with Gasteiger partial charge in [-0.15, -0.1) is 0 Å². The van der Waals surface area contributed by atoms with E-state index in [-0.39, 0.29) is 17.3 Å². The minimum Gasteiger partial charge on any atom is -0.349 e. The highest BCUT2D eigenvalue weighted by Gasteiger charge is 2.25. The van der Waals surface area contributed by atoms with Crippen molar-refractivity contribution in [3.05, 3.63) is 39.7 Å². The molecular formula is C15H19FN2O3. The number of benzene rings is 1. The van der Waals surface area contributed by atoms with Gasteiger partial charge in [-0.1, -0.05) is 13.3 Å². The Morgan fingerprint density at radius 1 is 1.38 bits per heavy atom. The summed E-state index contributed by atoms with van der Waals surface area (Å²) in [6.45, 7) is 2.15. The molecule has 1 aliphatic carbocycles. The van der Waals surface area contributed by atoms with Gasteiger partial charge in [0.05, 0.1) is 4.92 Å². The predicted molar refractivity (Wildman–Crippen MR) is 76.6 cm³/mol. The van der Waals surface area contributed by atoms with E-state index in [1.165, 1.54) is 0 Å². The third kappa shape index (κ3) is 3.77. The van der Waals surface area contributed by atoms with Crippen molar-refractivity contribution in [1.82, 2.24) is 5.32 Å². The minimum atomic E-state index is -0.664. The average molecular weight is 294 g/mol. The minimum absolute atomic E-state index is 0.0168. The molecular weight excluding hydrogens is 275 g/mol. The lowest BCUT2D eigenvalue weighted by molar-refractivity contribution is -0.385. The summed E-state index contributed by atoms with van der Waals surface area (Å²) in [5, 5.41) is 13.7. The summed E-state index contributed by atoms with van der Waals surface area (Å²) in [6, 6.07) is 2.95. The number of nitrogens with one attached hydrogen (secondary N) is 1. The second-order valence-electron chi connectivity index (χ2n) is 5.52. The van der Waals surface area contributed by atoms with Gasteiger partial charge in [0.15, 0.2) is 0 Å². The first kappa shape index (κ1) is 15.4. The molecule has 1 aromatic carbocycles. The van der Waals surface area contributed by atoms with E-state index in [1.807, 2.05) is 0 Å². The first-order valence-corrected chi connectivity index (χ1v) is 7.26. The molecule has 1 amide bonds. The number of nitro groups is 1. The number of carbonyl (C=O) groups excluding carboxylic acids is 1. The first-order valence-electron chi connectivity index (χ1n) is 7.26. The maximum absolute atomic E-state index is 13.2. The topological polar surface area (TPSA) is 72.2 Å². The Morgan fingerprint density at radius 3 is 2.62 bits per heavy atom. The molecule has 0 spiro atoms. The molecule has 1 saturated carbocycles. The Kier molecular flexibility index (Phi) is 4.88. The van der Waals surface area contributed by atoms with E-state index in [0.29, 0.717) is 5.92 Å². The summed E-state index contributed by atoms with van der Waals surface area (Å²) in [4.78, 5) is 22.4. The quantitative estimate of drug-likeness (QED) is 0.683. The van der Waals surface area contributed by atoms with E-state index < -0.39 is 16.6 Å². The van der Waals surface area contributed by atoms with Crippen LogP contribution in [0.2, 0.25) is 0 Å². The number of hydrogen-bond acceptors (Lipinski definition) is 3. The number of nitro benzene ring substituents is 1. The molecule has 0 bridgehead atoms. The van der Waals surface area contributed by atoms with Gasteiger partial charge >= 0.3 is 0 Å². The van der Waals surface area contributed by atoms with Gasteiger partial charge in [-0.25, -0.2) is 4.39 Å². The maximum Gasteiger partial charge on any atom is 0.282 e. The van der Waals surface area contributed by atoms with Crippen LogP contribution in [0.4, 0.5) is 10.1 Å². The van der Waals surface area contributed by atoms with E-state index >= 15 is 0 Å². The molecule has 1 N–H and O–H groups in total. The fourth-order valence-electron chi connectivity index (χ4n) is 2.83. The van der Waals surface area contributed by atoms with Crippen LogP contribution in [0.3, 0.4) is 0 Å². The van der Waals surface area contributed by atoms with Gasteiger partial charge in [0, 0.05) is 12.1 Å². The van der Waals surface area contributed by atoms with Gasteiger partial charge in [0.1, 0.15) is 11.4 Å². The molecule has 0 atom stereocenters. The number of amides is 1. The lowest BCUT2D eigenvalue weighted by Crippen LogP contribution is -2.37. The lowest BCUT2D eigenvalue weighted by atomic mass is 9.84. The van der Waals surface area contributed by atoms with E-state index in [9.17, 15) is 19.3 Å². The maximum atomic E-state index is 13.2. The van der Waals surface area contributed by atoms with Gasteiger partial charge in [-0.2, -0.15) is 0 Å². The Morgan fingerprint density at radius 2 is 2.05 bits per heavy atom. The number of halogens is 1. The third-order valence-electron chi connectivity index (χ3n) is 4.16. The van der Waals surface area contributed by atoms with Crippen LogP contribution in [0.25, 0.3) is 0 Å². The summed E-state index contributed by atoms with van der Waals surface area (Å²) in [5.41, 5.74) is -0.575. The molecule has 1 fully saturated rings. The van der Waals surface area contributed by atoms with Crippen LogP contribution >= 0.6 is 0 Å². The van der Waals surface area contributed by atoms with E-state index in [2.05, 4.69) is 12.2 Å². The van der Waals surface area contributed by atoms with Crippen LogP contribution in [0.5, 0.6) is 0 Å². The molecule has 1 aliphatic rings. The Labute approximate surface area is 122 Å². The van der Waals surface area contributed by atoms with Gasteiger partial charge in [0.25, 0.3) is 11.6 Å². The van der Waals surface area contributed by atoms with Crippen LogP contribution < -0.4 is 5.32 Å². The molecule has 0 aliphatic heterocycles. The van der Waals surface area contributed by atoms with Gasteiger partial charge in [-0.3, -0.25) is 14.9 Å². The van der Waals surface area contributed by atoms with Crippen molar-refractivity contribution < 1.29 is 14.1 Å². The number of rotatable bonds is 4. The van der Waals surface area contributed by atoms with Crippen LogP contribution in [0.15, 0.2) is 18.2 Å². The molecule has 5 nitrogen and oxygen atoms in total. The van der Waals surface area contributed by atoms with Crippen LogP contribution in [-0.2, 0) is 0 Å². The van der Waals surface area contributed by atoms with E-state index in [4.69, 9.17) is 0 Å². The predicted octanol–water partition coefficient (Wildman–Crippen LogP) is 3.43. The van der Waals surface area contributed by atoms with Crippen LogP contribution in [-0.4, -0.2) is 16.9 Å². The number of nitrogens with zero attached hydrogens (tertiary/aromatic N) is 1. The summed E-state index contributed by atoms with van der Waals surface area (Å²) in [7, 11) is 0. The Bertz CT molecular complexity index is 540. The van der Waals surface area contributed by atoms with Crippen molar-refractivity contribution in [3.63, 3.8) is 0 Å². The zero-order chi connectivity index (χ0) is 15.4. The first-order chi connectivity index (χ1) is 10.0. The standard InChI is InChI=1S/C15H19FN2O3/c1-2-10-3-6-12(7-4-10)17-15(19)13-9-11(16)5-8-14(13)18(20)21/h5,8-10,12H,2-4,6-7H2,1H3,(H,17,19). The largest absolute Gasteiger partial charge is 0.349 e. The van der Waals surface area contributed by atoms with Crippen LogP contribution in [0.1, 0.15) is 49.4 Å². The van der Waals surface area contributed by atoms with Crippen molar-refractivity contribution in [2.45, 2.75) is 45.1 Å². The Hall–Kier alpha value is -1.98. The van der Waals surface area contributed by atoms with Crippen LogP contribution in [0, 0.1) is 21.8 Å². The molecule has 114 valence electrons. The highest BCUT2D eigenvalue weighted by molar-refractivity contribution is 5.98.